The van der Waals surface area contributed by atoms with Crippen LogP contribution in [-0.4, -0.2) is 41.5 Å². The van der Waals surface area contributed by atoms with Gasteiger partial charge in [0.15, 0.2) is 23.3 Å². The maximum Gasteiger partial charge on any atom is 0.335 e. The molecule has 40 heavy (non-hydrogen) atoms. The SMILES string of the molecule is CCOC(=O)C(C)(C)NP(=O)(OCC(=O)OCc1ccccc1)c1ccc(-c2nc(N)sc2C(=O)C(C)(C)C)o1. The summed E-state index contributed by atoms with van der Waals surface area (Å²) < 4.78 is 36.0. The first-order valence-electron chi connectivity index (χ1n) is 12.5. The fourth-order valence-corrected chi connectivity index (χ4v) is 6.30. The Morgan fingerprint density at radius 2 is 1.73 bits per heavy atom. The van der Waals surface area contributed by atoms with Crippen molar-refractivity contribution in [1.29, 1.82) is 0 Å². The maximum atomic E-state index is 14.2. The number of furan rings is 1. The number of ether oxygens (including phenoxy) is 2. The van der Waals surface area contributed by atoms with Crippen LogP contribution in [0.25, 0.3) is 11.5 Å². The Hall–Kier alpha value is -3.31. The Balaban J connectivity index is 1.91. The third-order valence-corrected chi connectivity index (χ3v) is 8.52. The highest BCUT2D eigenvalue weighted by Crippen LogP contribution is 2.45. The first kappa shape index (κ1) is 31.2. The predicted molar refractivity (Wildman–Crippen MR) is 151 cm³/mol. The Labute approximate surface area is 236 Å². The van der Waals surface area contributed by atoms with E-state index in [1.807, 2.05) is 6.07 Å². The summed E-state index contributed by atoms with van der Waals surface area (Å²) in [6, 6.07) is 11.8. The molecule has 0 amide bonds. The lowest BCUT2D eigenvalue weighted by atomic mass is 9.89. The van der Waals surface area contributed by atoms with Crippen LogP contribution >= 0.6 is 18.9 Å². The van der Waals surface area contributed by atoms with Gasteiger partial charge in [0, 0.05) is 5.41 Å². The maximum absolute atomic E-state index is 14.2. The lowest BCUT2D eigenvalue weighted by Crippen LogP contribution is -2.47. The highest BCUT2D eigenvalue weighted by molar-refractivity contribution is 7.64. The number of nitrogen functional groups attached to an aromatic ring is 1. The van der Waals surface area contributed by atoms with Gasteiger partial charge in [0.1, 0.15) is 22.7 Å². The molecule has 0 radical (unpaired) electrons. The molecule has 0 aliphatic rings. The van der Waals surface area contributed by atoms with Gasteiger partial charge in [-0.25, -0.2) is 14.9 Å². The molecule has 3 aromatic rings. The zero-order chi connectivity index (χ0) is 29.7. The standard InChI is InChI=1S/C27H34N3O8PS/c1-7-35-24(33)27(5,6)30-39(34,37-16-19(31)36-15-17-11-9-8-10-12-17)20-14-13-18(38-20)21-22(40-25(28)29-21)23(32)26(2,3)4/h8-14H,7,15-16H2,1-6H3,(H2,28,29)(H,30,34). The fourth-order valence-electron chi connectivity index (χ4n) is 3.41. The zero-order valence-corrected chi connectivity index (χ0v) is 25.0. The molecule has 0 saturated heterocycles. The molecule has 3 N–H and O–H groups in total. The molecule has 1 aromatic carbocycles. The summed E-state index contributed by atoms with van der Waals surface area (Å²) in [5.74, 6) is -1.56. The van der Waals surface area contributed by atoms with Crippen molar-refractivity contribution in [3.8, 4) is 11.5 Å². The third-order valence-electron chi connectivity index (χ3n) is 5.47. The Kier molecular flexibility index (Phi) is 9.73. The number of hydrogen-bond donors (Lipinski definition) is 2. The zero-order valence-electron chi connectivity index (χ0n) is 23.3. The van der Waals surface area contributed by atoms with E-state index in [0.29, 0.717) is 0 Å². The van der Waals surface area contributed by atoms with Gasteiger partial charge in [0.25, 0.3) is 0 Å². The Morgan fingerprint density at radius 3 is 2.35 bits per heavy atom. The average Bonchev–Trinajstić information content (AvgIpc) is 3.53. The van der Waals surface area contributed by atoms with Gasteiger partial charge >= 0.3 is 19.5 Å². The summed E-state index contributed by atoms with van der Waals surface area (Å²) in [7, 11) is -4.24. The molecule has 1 unspecified atom stereocenters. The van der Waals surface area contributed by atoms with Crippen LogP contribution in [0.2, 0.25) is 0 Å². The summed E-state index contributed by atoms with van der Waals surface area (Å²) in [6.45, 7) is 9.25. The van der Waals surface area contributed by atoms with Gasteiger partial charge in [-0.05, 0) is 38.5 Å². The van der Waals surface area contributed by atoms with Crippen molar-refractivity contribution < 1.29 is 37.4 Å². The van der Waals surface area contributed by atoms with Crippen LogP contribution in [0.5, 0.6) is 0 Å². The van der Waals surface area contributed by atoms with Crippen LogP contribution in [0.1, 0.15) is 56.8 Å². The number of ketones is 1. The third kappa shape index (κ3) is 7.66. The van der Waals surface area contributed by atoms with Gasteiger partial charge in [-0.1, -0.05) is 62.4 Å². The van der Waals surface area contributed by atoms with Crippen LogP contribution in [0.15, 0.2) is 46.9 Å². The van der Waals surface area contributed by atoms with Gasteiger partial charge < -0.3 is 24.1 Å². The molecule has 13 heteroatoms. The van der Waals surface area contributed by atoms with Crippen molar-refractivity contribution in [2.45, 2.75) is 53.7 Å². The molecule has 0 fully saturated rings. The van der Waals surface area contributed by atoms with Crippen LogP contribution in [-0.2, 0) is 34.8 Å². The molecule has 216 valence electrons. The second kappa shape index (κ2) is 12.5. The molecule has 0 aliphatic carbocycles. The van der Waals surface area contributed by atoms with Gasteiger partial charge in [0.05, 0.1) is 6.61 Å². The molecule has 0 aliphatic heterocycles. The summed E-state index contributed by atoms with van der Waals surface area (Å²) in [6.07, 6.45) is 0. The first-order chi connectivity index (χ1) is 18.7. The van der Waals surface area contributed by atoms with Crippen LogP contribution in [0, 0.1) is 5.41 Å². The van der Waals surface area contributed by atoms with E-state index in [0.717, 1.165) is 16.9 Å². The van der Waals surface area contributed by atoms with Crippen LogP contribution < -0.4 is 16.3 Å². The van der Waals surface area contributed by atoms with Crippen molar-refractivity contribution in [3.05, 3.63) is 52.9 Å². The van der Waals surface area contributed by atoms with Gasteiger partial charge in [-0.2, -0.15) is 0 Å². The van der Waals surface area contributed by atoms with Gasteiger partial charge in [-0.15, -0.1) is 0 Å². The number of carbonyl (C=O) groups is 3. The number of hydrogen-bond acceptors (Lipinski definition) is 11. The molecular formula is C27H34N3O8PS. The summed E-state index contributed by atoms with van der Waals surface area (Å²) >= 11 is 1.02. The lowest BCUT2D eigenvalue weighted by molar-refractivity contribution is -0.149. The predicted octanol–water partition coefficient (Wildman–Crippen LogP) is 4.72. The number of carbonyl (C=O) groups excluding carboxylic acids is 3. The number of nitrogens with two attached hydrogens (primary N) is 1. The van der Waals surface area contributed by atoms with Crippen LogP contribution in [0.4, 0.5) is 5.13 Å². The molecular weight excluding hydrogens is 557 g/mol. The minimum absolute atomic E-state index is 0.00415. The minimum atomic E-state index is -4.24. The molecule has 11 nitrogen and oxygen atoms in total. The average molecular weight is 592 g/mol. The van der Waals surface area contributed by atoms with E-state index < -0.39 is 37.0 Å². The largest absolute Gasteiger partial charge is 0.465 e. The first-order valence-corrected chi connectivity index (χ1v) is 14.9. The monoisotopic (exact) mass is 591 g/mol. The van der Waals surface area contributed by atoms with E-state index >= 15 is 0 Å². The van der Waals surface area contributed by atoms with Crippen LogP contribution in [0.3, 0.4) is 0 Å². The highest BCUT2D eigenvalue weighted by Gasteiger charge is 2.42. The quantitative estimate of drug-likeness (QED) is 0.170. The van der Waals surface area contributed by atoms with Gasteiger partial charge in [0.2, 0.25) is 5.50 Å². The smallest absolute Gasteiger partial charge is 0.335 e. The molecule has 2 heterocycles. The lowest BCUT2D eigenvalue weighted by Gasteiger charge is -2.28. The number of aromatic nitrogens is 1. The number of rotatable bonds is 12. The Bertz CT molecular complexity index is 1410. The number of nitrogens with one attached hydrogen (secondary N) is 1. The normalized spacial score (nSPS) is 13.4. The number of nitrogens with zero attached hydrogens (tertiary/aromatic N) is 1. The number of benzene rings is 1. The minimum Gasteiger partial charge on any atom is -0.465 e. The molecule has 0 spiro atoms. The molecule has 2 aromatic heterocycles. The Morgan fingerprint density at radius 1 is 1.05 bits per heavy atom. The summed E-state index contributed by atoms with van der Waals surface area (Å²) in [4.78, 5) is 42.6. The van der Waals surface area contributed by atoms with E-state index in [1.54, 1.807) is 52.0 Å². The fraction of sp³-hybridized carbons (Fsp3) is 0.407. The summed E-state index contributed by atoms with van der Waals surface area (Å²) in [5.41, 5.74) is 4.43. The molecule has 3 rings (SSSR count). The topological polar surface area (TPSA) is 160 Å². The van der Waals surface area contributed by atoms with E-state index in [-0.39, 0.29) is 46.0 Å². The van der Waals surface area contributed by atoms with Crippen molar-refractivity contribution in [2.75, 3.05) is 18.9 Å². The van der Waals surface area contributed by atoms with E-state index in [4.69, 9.17) is 24.1 Å². The molecule has 0 saturated carbocycles. The van der Waals surface area contributed by atoms with Crippen molar-refractivity contribution in [1.82, 2.24) is 10.1 Å². The number of thiazole rings is 1. The highest BCUT2D eigenvalue weighted by atomic mass is 32.1. The number of anilines is 1. The van der Waals surface area contributed by atoms with E-state index in [1.165, 1.54) is 26.0 Å². The van der Waals surface area contributed by atoms with Crippen molar-refractivity contribution in [3.63, 3.8) is 0 Å². The van der Waals surface area contributed by atoms with E-state index in [2.05, 4.69) is 10.1 Å². The molecule has 0 bridgehead atoms. The number of esters is 2. The second-order valence-corrected chi connectivity index (χ2v) is 13.4. The summed E-state index contributed by atoms with van der Waals surface area (Å²) in [5, 5.41) is 2.83. The van der Waals surface area contributed by atoms with Crippen molar-refractivity contribution >= 4 is 47.2 Å². The van der Waals surface area contributed by atoms with Crippen molar-refractivity contribution in [2.24, 2.45) is 5.41 Å². The number of Topliss-reactive ketones (excluding diaryl/α,β-unsaturated/α-hetero) is 1. The van der Waals surface area contributed by atoms with E-state index in [9.17, 15) is 18.9 Å². The molecule has 1 atom stereocenters. The van der Waals surface area contributed by atoms with Gasteiger partial charge in [-0.3, -0.25) is 14.2 Å². The second-order valence-electron chi connectivity index (χ2n) is 10.4.